The number of amides is 1. The lowest BCUT2D eigenvalue weighted by Crippen LogP contribution is -2.41. The molecule has 0 aliphatic carbocycles. The van der Waals surface area contributed by atoms with Crippen LogP contribution in [0.3, 0.4) is 0 Å². The molecule has 1 unspecified atom stereocenters. The molecule has 0 bridgehead atoms. The van der Waals surface area contributed by atoms with Crippen molar-refractivity contribution in [1.29, 1.82) is 0 Å². The molecule has 0 aromatic heterocycles. The van der Waals surface area contributed by atoms with E-state index in [9.17, 15) is 4.79 Å². The molecule has 7 heteroatoms. The SMILES string of the molecule is CN=C(NCCCNC(=O)OC(C)(C)C)NCC(C)COCc1ccccc1. The number of aliphatic imine (C=N–C) groups is 1. The van der Waals surface area contributed by atoms with Gasteiger partial charge in [0.05, 0.1) is 13.2 Å². The summed E-state index contributed by atoms with van der Waals surface area (Å²) in [7, 11) is 1.74. The van der Waals surface area contributed by atoms with Gasteiger partial charge >= 0.3 is 6.09 Å². The second-order valence-corrected chi connectivity index (χ2v) is 7.77. The topological polar surface area (TPSA) is 84.0 Å². The van der Waals surface area contributed by atoms with Crippen LogP contribution >= 0.6 is 0 Å². The maximum absolute atomic E-state index is 11.6. The number of alkyl carbamates (subject to hydrolysis) is 1. The Hall–Kier alpha value is -2.28. The maximum atomic E-state index is 11.6. The second-order valence-electron chi connectivity index (χ2n) is 7.77. The molecular weight excluding hydrogens is 356 g/mol. The van der Waals surface area contributed by atoms with Crippen LogP contribution in [0.15, 0.2) is 35.3 Å². The van der Waals surface area contributed by atoms with Crippen molar-refractivity contribution < 1.29 is 14.3 Å². The number of ether oxygens (including phenoxy) is 2. The lowest BCUT2D eigenvalue weighted by Gasteiger charge is -2.19. The van der Waals surface area contributed by atoms with Gasteiger partial charge in [0.1, 0.15) is 5.60 Å². The van der Waals surface area contributed by atoms with Crippen LogP contribution < -0.4 is 16.0 Å². The number of carbonyl (C=O) groups excluding carboxylic acids is 1. The van der Waals surface area contributed by atoms with E-state index in [1.54, 1.807) is 7.05 Å². The molecular formula is C21H36N4O3. The minimum absolute atomic E-state index is 0.357. The van der Waals surface area contributed by atoms with E-state index in [1.807, 2.05) is 39.0 Å². The lowest BCUT2D eigenvalue weighted by atomic mass is 10.2. The highest BCUT2D eigenvalue weighted by Crippen LogP contribution is 2.06. The Labute approximate surface area is 169 Å². The fraction of sp³-hybridized carbons (Fsp3) is 0.619. The smallest absolute Gasteiger partial charge is 0.407 e. The number of rotatable bonds is 10. The standard InChI is InChI=1S/C21H36N4O3/c1-17(15-27-16-18-10-7-6-8-11-18)14-25-19(22-5)23-12-9-13-24-20(26)28-21(2,3)4/h6-8,10-11,17H,9,12-16H2,1-5H3,(H,24,26)(H2,22,23,25). The van der Waals surface area contributed by atoms with Gasteiger partial charge in [-0.3, -0.25) is 4.99 Å². The average molecular weight is 393 g/mol. The Morgan fingerprint density at radius 3 is 2.43 bits per heavy atom. The van der Waals surface area contributed by atoms with E-state index >= 15 is 0 Å². The van der Waals surface area contributed by atoms with Crippen molar-refractivity contribution in [3.8, 4) is 0 Å². The van der Waals surface area contributed by atoms with E-state index in [-0.39, 0.29) is 6.09 Å². The largest absolute Gasteiger partial charge is 0.444 e. The summed E-state index contributed by atoms with van der Waals surface area (Å²) >= 11 is 0. The summed E-state index contributed by atoms with van der Waals surface area (Å²) < 4.78 is 11.0. The monoisotopic (exact) mass is 392 g/mol. The number of benzene rings is 1. The maximum Gasteiger partial charge on any atom is 0.407 e. The van der Waals surface area contributed by atoms with Crippen LogP contribution in [0.25, 0.3) is 0 Å². The van der Waals surface area contributed by atoms with Crippen molar-refractivity contribution in [2.45, 2.75) is 46.3 Å². The summed E-state index contributed by atoms with van der Waals surface area (Å²) in [4.78, 5) is 15.8. The van der Waals surface area contributed by atoms with E-state index in [1.165, 1.54) is 5.56 Å². The molecule has 1 amide bonds. The summed E-state index contributed by atoms with van der Waals surface area (Å²) in [5.41, 5.74) is 0.704. The normalized spacial score (nSPS) is 13.0. The molecule has 1 aromatic rings. The predicted octanol–water partition coefficient (Wildman–Crippen LogP) is 2.92. The molecule has 1 rings (SSSR count). The molecule has 0 saturated carbocycles. The second kappa shape index (κ2) is 13.0. The third kappa shape index (κ3) is 12.2. The van der Waals surface area contributed by atoms with Crippen LogP contribution in [0.4, 0.5) is 4.79 Å². The molecule has 0 saturated heterocycles. The van der Waals surface area contributed by atoms with Crippen molar-refractivity contribution in [3.05, 3.63) is 35.9 Å². The summed E-state index contributed by atoms with van der Waals surface area (Å²) in [6.45, 7) is 11.0. The molecule has 0 heterocycles. The van der Waals surface area contributed by atoms with Crippen LogP contribution in [0.5, 0.6) is 0 Å². The zero-order valence-electron chi connectivity index (χ0n) is 17.9. The molecule has 7 nitrogen and oxygen atoms in total. The van der Waals surface area contributed by atoms with E-state index in [4.69, 9.17) is 9.47 Å². The number of carbonyl (C=O) groups is 1. The van der Waals surface area contributed by atoms with Gasteiger partial charge in [-0.1, -0.05) is 37.3 Å². The summed E-state index contributed by atoms with van der Waals surface area (Å²) in [6.07, 6.45) is 0.384. The quantitative estimate of drug-likeness (QED) is 0.324. The minimum Gasteiger partial charge on any atom is -0.444 e. The fourth-order valence-electron chi connectivity index (χ4n) is 2.30. The van der Waals surface area contributed by atoms with Crippen LogP contribution in [0.1, 0.15) is 39.7 Å². The minimum atomic E-state index is -0.476. The molecule has 0 spiro atoms. The van der Waals surface area contributed by atoms with Gasteiger partial charge in [0, 0.05) is 26.7 Å². The number of guanidine groups is 1. The molecule has 0 aliphatic rings. The Morgan fingerprint density at radius 2 is 1.79 bits per heavy atom. The fourth-order valence-corrected chi connectivity index (χ4v) is 2.30. The van der Waals surface area contributed by atoms with Gasteiger partial charge in [-0.15, -0.1) is 0 Å². The van der Waals surface area contributed by atoms with E-state index in [0.717, 1.165) is 18.9 Å². The highest BCUT2D eigenvalue weighted by atomic mass is 16.6. The number of hydrogen-bond acceptors (Lipinski definition) is 4. The van der Waals surface area contributed by atoms with Crippen LogP contribution in [-0.4, -0.2) is 50.9 Å². The molecule has 158 valence electrons. The van der Waals surface area contributed by atoms with Gasteiger partial charge in [-0.05, 0) is 38.7 Å². The molecule has 1 atom stereocenters. The first kappa shape index (κ1) is 23.8. The number of hydrogen-bond donors (Lipinski definition) is 3. The summed E-state index contributed by atoms with van der Waals surface area (Å²) in [5.74, 6) is 1.10. The molecule has 0 aliphatic heterocycles. The summed E-state index contributed by atoms with van der Waals surface area (Å²) in [6, 6.07) is 10.2. The first-order valence-corrected chi connectivity index (χ1v) is 9.83. The van der Waals surface area contributed by atoms with Crippen LogP contribution in [0.2, 0.25) is 0 Å². The van der Waals surface area contributed by atoms with Crippen molar-refractivity contribution in [1.82, 2.24) is 16.0 Å². The van der Waals surface area contributed by atoms with Gasteiger partial charge in [0.15, 0.2) is 5.96 Å². The molecule has 3 N–H and O–H groups in total. The van der Waals surface area contributed by atoms with E-state index in [0.29, 0.717) is 32.2 Å². The Bertz CT molecular complexity index is 585. The predicted molar refractivity (Wildman–Crippen MR) is 113 cm³/mol. The Kier molecular flexibility index (Phi) is 11.0. The Balaban J connectivity index is 2.10. The van der Waals surface area contributed by atoms with Gasteiger partial charge in [0.2, 0.25) is 0 Å². The molecule has 1 aromatic carbocycles. The highest BCUT2D eigenvalue weighted by Gasteiger charge is 2.15. The zero-order chi connectivity index (χ0) is 20.8. The number of nitrogens with zero attached hydrogens (tertiary/aromatic N) is 1. The summed E-state index contributed by atoms with van der Waals surface area (Å²) in [5, 5.41) is 9.27. The molecule has 0 radical (unpaired) electrons. The first-order chi connectivity index (χ1) is 13.3. The van der Waals surface area contributed by atoms with Gasteiger partial charge in [-0.2, -0.15) is 0 Å². The van der Waals surface area contributed by atoms with Gasteiger partial charge < -0.3 is 25.4 Å². The van der Waals surface area contributed by atoms with E-state index in [2.05, 4.69) is 40.0 Å². The van der Waals surface area contributed by atoms with Gasteiger partial charge in [0.25, 0.3) is 0 Å². The lowest BCUT2D eigenvalue weighted by molar-refractivity contribution is 0.0527. The average Bonchev–Trinajstić information content (AvgIpc) is 2.63. The van der Waals surface area contributed by atoms with Crippen LogP contribution in [-0.2, 0) is 16.1 Å². The number of nitrogens with one attached hydrogen (secondary N) is 3. The first-order valence-electron chi connectivity index (χ1n) is 9.83. The van der Waals surface area contributed by atoms with Crippen molar-refractivity contribution in [2.24, 2.45) is 10.9 Å². The third-order valence-electron chi connectivity index (χ3n) is 3.67. The molecule has 0 fully saturated rings. The van der Waals surface area contributed by atoms with Crippen molar-refractivity contribution in [3.63, 3.8) is 0 Å². The Morgan fingerprint density at radius 1 is 1.11 bits per heavy atom. The molecule has 28 heavy (non-hydrogen) atoms. The zero-order valence-corrected chi connectivity index (χ0v) is 17.9. The van der Waals surface area contributed by atoms with E-state index < -0.39 is 5.60 Å². The van der Waals surface area contributed by atoms with Crippen molar-refractivity contribution in [2.75, 3.05) is 33.3 Å². The third-order valence-corrected chi connectivity index (χ3v) is 3.67. The van der Waals surface area contributed by atoms with Crippen molar-refractivity contribution >= 4 is 12.1 Å². The van der Waals surface area contributed by atoms with Crippen LogP contribution in [0, 0.1) is 5.92 Å². The highest BCUT2D eigenvalue weighted by molar-refractivity contribution is 5.79. The van der Waals surface area contributed by atoms with Gasteiger partial charge in [-0.25, -0.2) is 4.79 Å².